The van der Waals surface area contributed by atoms with E-state index in [2.05, 4.69) is 0 Å². The second-order valence-electron chi connectivity index (χ2n) is 4.25. The lowest BCUT2D eigenvalue weighted by atomic mass is 10.1. The molecule has 0 aliphatic carbocycles. The van der Waals surface area contributed by atoms with Gasteiger partial charge in [0.15, 0.2) is 5.76 Å². The number of hydrogen-bond acceptors (Lipinski definition) is 3. The van der Waals surface area contributed by atoms with E-state index in [9.17, 15) is 14.4 Å². The Labute approximate surface area is 113 Å². The Bertz CT molecular complexity index is 889. The van der Waals surface area contributed by atoms with Crippen molar-refractivity contribution in [2.45, 2.75) is 0 Å². The van der Waals surface area contributed by atoms with E-state index in [4.69, 9.17) is 4.42 Å². The standard InChI is InChI=1S/C16H8FNO2/c17-11-7-5-10(6-8-11)16-13(9-18)15(19)12-3-1-2-4-14(12)20-16/h1-8H. The molecule has 0 bridgehead atoms. The van der Waals surface area contributed by atoms with Crippen molar-refractivity contribution >= 4 is 11.0 Å². The first-order chi connectivity index (χ1) is 9.70. The van der Waals surface area contributed by atoms with Gasteiger partial charge in [-0.1, -0.05) is 12.1 Å². The molecule has 0 fully saturated rings. The molecular weight excluding hydrogens is 257 g/mol. The van der Waals surface area contributed by atoms with Crippen LogP contribution in [-0.2, 0) is 0 Å². The molecule has 4 heteroatoms. The number of fused-ring (bicyclic) bond motifs is 1. The van der Waals surface area contributed by atoms with Gasteiger partial charge in [0.2, 0.25) is 5.43 Å². The molecule has 0 radical (unpaired) electrons. The molecule has 1 heterocycles. The lowest BCUT2D eigenvalue weighted by Crippen LogP contribution is -2.08. The third-order valence-corrected chi connectivity index (χ3v) is 3.02. The Morgan fingerprint density at radius 1 is 1.05 bits per heavy atom. The smallest absolute Gasteiger partial charge is 0.211 e. The molecule has 3 aromatic rings. The van der Waals surface area contributed by atoms with E-state index in [1.54, 1.807) is 24.3 Å². The Hall–Kier alpha value is -2.93. The van der Waals surface area contributed by atoms with Gasteiger partial charge < -0.3 is 4.42 Å². The summed E-state index contributed by atoms with van der Waals surface area (Å²) in [6.07, 6.45) is 0. The first kappa shape index (κ1) is 12.1. The van der Waals surface area contributed by atoms with E-state index < -0.39 is 5.82 Å². The molecule has 96 valence electrons. The third-order valence-electron chi connectivity index (χ3n) is 3.02. The summed E-state index contributed by atoms with van der Waals surface area (Å²) in [5, 5.41) is 9.55. The second-order valence-corrected chi connectivity index (χ2v) is 4.25. The van der Waals surface area contributed by atoms with Crippen molar-refractivity contribution in [1.82, 2.24) is 0 Å². The maximum Gasteiger partial charge on any atom is 0.211 e. The molecule has 0 unspecified atom stereocenters. The first-order valence-corrected chi connectivity index (χ1v) is 5.92. The lowest BCUT2D eigenvalue weighted by molar-refractivity contribution is 0.614. The number of rotatable bonds is 1. The highest BCUT2D eigenvalue weighted by atomic mass is 19.1. The second kappa shape index (κ2) is 4.63. The van der Waals surface area contributed by atoms with Gasteiger partial charge in [0.25, 0.3) is 0 Å². The highest BCUT2D eigenvalue weighted by Crippen LogP contribution is 2.25. The number of nitrogens with zero attached hydrogens (tertiary/aromatic N) is 1. The zero-order valence-corrected chi connectivity index (χ0v) is 10.3. The summed E-state index contributed by atoms with van der Waals surface area (Å²) >= 11 is 0. The molecule has 3 rings (SSSR count). The van der Waals surface area contributed by atoms with Crippen LogP contribution in [0.15, 0.2) is 57.7 Å². The number of hydrogen-bond donors (Lipinski definition) is 0. The van der Waals surface area contributed by atoms with E-state index in [0.29, 0.717) is 16.5 Å². The van der Waals surface area contributed by atoms with Gasteiger partial charge in [-0.05, 0) is 36.4 Å². The van der Waals surface area contributed by atoms with E-state index in [-0.39, 0.29) is 16.8 Å². The van der Waals surface area contributed by atoms with Crippen molar-refractivity contribution in [3.05, 3.63) is 70.1 Å². The molecule has 0 atom stereocenters. The van der Waals surface area contributed by atoms with Gasteiger partial charge in [-0.15, -0.1) is 0 Å². The average Bonchev–Trinajstić information content (AvgIpc) is 2.48. The van der Waals surface area contributed by atoms with Crippen LogP contribution >= 0.6 is 0 Å². The van der Waals surface area contributed by atoms with Crippen LogP contribution in [0.1, 0.15) is 5.56 Å². The molecule has 0 saturated heterocycles. The van der Waals surface area contributed by atoms with Crippen molar-refractivity contribution in [3.63, 3.8) is 0 Å². The largest absolute Gasteiger partial charge is 0.454 e. The number of halogens is 1. The summed E-state index contributed by atoms with van der Waals surface area (Å²) in [5.74, 6) is -0.230. The molecule has 0 spiro atoms. The molecule has 0 aliphatic heterocycles. The summed E-state index contributed by atoms with van der Waals surface area (Å²) < 4.78 is 18.6. The molecule has 20 heavy (non-hydrogen) atoms. The van der Waals surface area contributed by atoms with Crippen LogP contribution in [0.3, 0.4) is 0 Å². The average molecular weight is 265 g/mol. The maximum atomic E-state index is 13.0. The molecule has 3 nitrogen and oxygen atoms in total. The van der Waals surface area contributed by atoms with E-state index in [0.717, 1.165) is 0 Å². The minimum Gasteiger partial charge on any atom is -0.454 e. The normalized spacial score (nSPS) is 10.4. The predicted octanol–water partition coefficient (Wildman–Crippen LogP) is 3.47. The quantitative estimate of drug-likeness (QED) is 0.677. The van der Waals surface area contributed by atoms with Crippen molar-refractivity contribution in [1.29, 1.82) is 5.26 Å². The number of nitriles is 1. The van der Waals surface area contributed by atoms with Gasteiger partial charge in [0.1, 0.15) is 23.0 Å². The fourth-order valence-corrected chi connectivity index (χ4v) is 2.05. The van der Waals surface area contributed by atoms with Crippen LogP contribution in [0.5, 0.6) is 0 Å². The molecular formula is C16H8FNO2. The molecule has 0 saturated carbocycles. The summed E-state index contributed by atoms with van der Waals surface area (Å²) in [4.78, 5) is 12.3. The number of para-hydroxylation sites is 1. The third kappa shape index (κ3) is 1.86. The summed E-state index contributed by atoms with van der Waals surface area (Å²) in [6.45, 7) is 0. The topological polar surface area (TPSA) is 54.0 Å². The lowest BCUT2D eigenvalue weighted by Gasteiger charge is -2.05. The monoisotopic (exact) mass is 265 g/mol. The van der Waals surface area contributed by atoms with Gasteiger partial charge >= 0.3 is 0 Å². The summed E-state index contributed by atoms with van der Waals surface area (Å²) in [7, 11) is 0. The van der Waals surface area contributed by atoms with Crippen LogP contribution in [0.25, 0.3) is 22.3 Å². The van der Waals surface area contributed by atoms with Crippen LogP contribution in [0.2, 0.25) is 0 Å². The van der Waals surface area contributed by atoms with E-state index >= 15 is 0 Å². The fourth-order valence-electron chi connectivity index (χ4n) is 2.05. The minimum absolute atomic E-state index is 0.0738. The predicted molar refractivity (Wildman–Crippen MR) is 72.6 cm³/mol. The molecule has 2 aromatic carbocycles. The van der Waals surface area contributed by atoms with Crippen molar-refractivity contribution < 1.29 is 8.81 Å². The highest BCUT2D eigenvalue weighted by Gasteiger charge is 2.15. The summed E-state index contributed by atoms with van der Waals surface area (Å²) in [6, 6.07) is 14.0. The summed E-state index contributed by atoms with van der Waals surface area (Å²) in [5.41, 5.74) is 0.436. The highest BCUT2D eigenvalue weighted by molar-refractivity contribution is 5.81. The molecule has 0 amide bonds. The van der Waals surface area contributed by atoms with Crippen LogP contribution in [-0.4, -0.2) is 0 Å². The molecule has 1 aromatic heterocycles. The molecule has 0 N–H and O–H groups in total. The van der Waals surface area contributed by atoms with Crippen molar-refractivity contribution in [3.8, 4) is 17.4 Å². The Morgan fingerprint density at radius 2 is 1.75 bits per heavy atom. The Morgan fingerprint density at radius 3 is 2.45 bits per heavy atom. The van der Waals surface area contributed by atoms with Gasteiger partial charge in [-0.25, -0.2) is 4.39 Å². The zero-order chi connectivity index (χ0) is 14.1. The van der Waals surface area contributed by atoms with Crippen molar-refractivity contribution in [2.75, 3.05) is 0 Å². The number of benzene rings is 2. The first-order valence-electron chi connectivity index (χ1n) is 5.92. The Kier molecular flexibility index (Phi) is 2.81. The minimum atomic E-state index is -0.393. The van der Waals surface area contributed by atoms with Crippen LogP contribution in [0, 0.1) is 17.1 Å². The Balaban J connectivity index is 2.38. The fraction of sp³-hybridized carbons (Fsp3) is 0. The molecule has 0 aliphatic rings. The van der Waals surface area contributed by atoms with Crippen LogP contribution < -0.4 is 5.43 Å². The van der Waals surface area contributed by atoms with Gasteiger partial charge in [-0.3, -0.25) is 4.79 Å². The van der Waals surface area contributed by atoms with Gasteiger partial charge in [0, 0.05) is 5.56 Å². The van der Waals surface area contributed by atoms with Gasteiger partial charge in [-0.2, -0.15) is 5.26 Å². The maximum absolute atomic E-state index is 13.0. The van der Waals surface area contributed by atoms with Gasteiger partial charge in [0.05, 0.1) is 5.39 Å². The SMILES string of the molecule is N#Cc1c(-c2ccc(F)cc2)oc2ccccc2c1=O. The van der Waals surface area contributed by atoms with E-state index in [1.807, 2.05) is 6.07 Å². The van der Waals surface area contributed by atoms with E-state index in [1.165, 1.54) is 24.3 Å². The van der Waals surface area contributed by atoms with Crippen molar-refractivity contribution in [2.24, 2.45) is 0 Å². The van der Waals surface area contributed by atoms with Crippen LogP contribution in [0.4, 0.5) is 4.39 Å². The zero-order valence-electron chi connectivity index (χ0n) is 10.3.